The number of nitro groups is 1. The Morgan fingerprint density at radius 1 is 0.667 bits per heavy atom. The SMILES string of the molecule is O=[N+]([O-])c1ccccc1-c1ccc2c(-c3ccccc3)cn(-c3ccccc3)c2c1. The third-order valence-corrected chi connectivity index (χ3v) is 5.34. The highest BCUT2D eigenvalue weighted by Gasteiger charge is 2.17. The quantitative estimate of drug-likeness (QED) is 0.248. The summed E-state index contributed by atoms with van der Waals surface area (Å²) in [4.78, 5) is 11.2. The Kier molecular flexibility index (Phi) is 4.37. The molecule has 4 nitrogen and oxygen atoms in total. The number of hydrogen-bond donors (Lipinski definition) is 0. The lowest BCUT2D eigenvalue weighted by atomic mass is 10.00. The molecule has 0 atom stereocenters. The average molecular weight is 390 g/mol. The van der Waals surface area contributed by atoms with Gasteiger partial charge in [0.25, 0.3) is 5.69 Å². The zero-order valence-corrected chi connectivity index (χ0v) is 16.1. The molecule has 0 bridgehead atoms. The number of rotatable bonds is 4. The molecule has 1 aromatic heterocycles. The van der Waals surface area contributed by atoms with Gasteiger partial charge in [0, 0.05) is 28.9 Å². The van der Waals surface area contributed by atoms with Crippen LogP contribution in [0.1, 0.15) is 0 Å². The van der Waals surface area contributed by atoms with Crippen molar-refractivity contribution in [1.82, 2.24) is 4.57 Å². The fourth-order valence-electron chi connectivity index (χ4n) is 3.92. The molecule has 0 aliphatic rings. The summed E-state index contributed by atoms with van der Waals surface area (Å²) < 4.78 is 2.15. The van der Waals surface area contributed by atoms with Crippen LogP contribution in [0.4, 0.5) is 5.69 Å². The summed E-state index contributed by atoms with van der Waals surface area (Å²) in [5.74, 6) is 0. The van der Waals surface area contributed by atoms with Gasteiger partial charge in [0.1, 0.15) is 0 Å². The van der Waals surface area contributed by atoms with Gasteiger partial charge < -0.3 is 4.57 Å². The number of nitro benzene ring substituents is 1. The monoisotopic (exact) mass is 390 g/mol. The van der Waals surface area contributed by atoms with Gasteiger partial charge >= 0.3 is 0 Å². The van der Waals surface area contributed by atoms with Crippen molar-refractivity contribution in [3.63, 3.8) is 0 Å². The number of benzene rings is 4. The van der Waals surface area contributed by atoms with Gasteiger partial charge in [0.15, 0.2) is 0 Å². The lowest BCUT2D eigenvalue weighted by Gasteiger charge is -2.08. The largest absolute Gasteiger partial charge is 0.316 e. The first-order chi connectivity index (χ1) is 14.7. The number of aromatic nitrogens is 1. The van der Waals surface area contributed by atoms with Crippen LogP contribution in [0.2, 0.25) is 0 Å². The fourth-order valence-corrected chi connectivity index (χ4v) is 3.92. The van der Waals surface area contributed by atoms with E-state index in [0.717, 1.165) is 33.3 Å². The Morgan fingerprint density at radius 2 is 1.33 bits per heavy atom. The van der Waals surface area contributed by atoms with Gasteiger partial charge in [-0.1, -0.05) is 72.8 Å². The number of fused-ring (bicyclic) bond motifs is 1. The van der Waals surface area contributed by atoms with Gasteiger partial charge in [0.2, 0.25) is 0 Å². The Morgan fingerprint density at radius 3 is 2.07 bits per heavy atom. The molecule has 0 spiro atoms. The molecule has 0 unspecified atom stereocenters. The minimum absolute atomic E-state index is 0.109. The van der Waals surface area contributed by atoms with Crippen LogP contribution in [-0.4, -0.2) is 9.49 Å². The van der Waals surface area contributed by atoms with E-state index in [0.29, 0.717) is 5.56 Å². The van der Waals surface area contributed by atoms with Gasteiger partial charge in [-0.15, -0.1) is 0 Å². The van der Waals surface area contributed by atoms with Gasteiger partial charge in [-0.3, -0.25) is 10.1 Å². The van der Waals surface area contributed by atoms with Crippen molar-refractivity contribution in [2.45, 2.75) is 0 Å². The molecule has 0 fully saturated rings. The summed E-state index contributed by atoms with van der Waals surface area (Å²) in [5, 5.41) is 12.6. The number of para-hydroxylation sites is 2. The lowest BCUT2D eigenvalue weighted by molar-refractivity contribution is -0.384. The van der Waals surface area contributed by atoms with E-state index in [1.165, 1.54) is 0 Å². The van der Waals surface area contributed by atoms with Gasteiger partial charge in [-0.2, -0.15) is 0 Å². The average Bonchev–Trinajstić information content (AvgIpc) is 3.19. The molecule has 0 N–H and O–H groups in total. The van der Waals surface area contributed by atoms with Crippen molar-refractivity contribution >= 4 is 16.6 Å². The molecule has 5 rings (SSSR count). The number of nitrogens with zero attached hydrogens (tertiary/aromatic N) is 2. The highest BCUT2D eigenvalue weighted by atomic mass is 16.6. The van der Waals surface area contributed by atoms with Crippen LogP contribution in [-0.2, 0) is 0 Å². The van der Waals surface area contributed by atoms with Gasteiger partial charge in [0.05, 0.1) is 16.0 Å². The second-order valence-corrected chi connectivity index (χ2v) is 7.12. The minimum atomic E-state index is -0.328. The van der Waals surface area contributed by atoms with E-state index in [2.05, 4.69) is 41.1 Å². The first-order valence-corrected chi connectivity index (χ1v) is 9.72. The molecule has 144 valence electrons. The van der Waals surface area contributed by atoms with Crippen molar-refractivity contribution in [1.29, 1.82) is 0 Å². The van der Waals surface area contributed by atoms with E-state index in [-0.39, 0.29) is 10.6 Å². The van der Waals surface area contributed by atoms with Crippen molar-refractivity contribution in [3.05, 3.63) is 119 Å². The molecular formula is C26H18N2O2. The summed E-state index contributed by atoms with van der Waals surface area (Å²) >= 11 is 0. The van der Waals surface area contributed by atoms with Crippen molar-refractivity contribution in [2.75, 3.05) is 0 Å². The molecule has 1 heterocycles. The summed E-state index contributed by atoms with van der Waals surface area (Å²) in [5.41, 5.74) is 5.87. The Labute approximate surface area is 173 Å². The second-order valence-electron chi connectivity index (χ2n) is 7.12. The molecule has 0 amide bonds. The van der Waals surface area contributed by atoms with Gasteiger partial charge in [-0.25, -0.2) is 0 Å². The van der Waals surface area contributed by atoms with E-state index >= 15 is 0 Å². The van der Waals surface area contributed by atoms with E-state index in [1.807, 2.05) is 54.6 Å². The normalized spacial score (nSPS) is 10.9. The Hall–Kier alpha value is -4.18. The predicted octanol–water partition coefficient (Wildman–Crippen LogP) is 6.87. The smallest absolute Gasteiger partial charge is 0.277 e. The lowest BCUT2D eigenvalue weighted by Crippen LogP contribution is -1.93. The Balaban J connectivity index is 1.79. The molecule has 5 aromatic rings. The molecule has 0 aliphatic heterocycles. The van der Waals surface area contributed by atoms with E-state index < -0.39 is 0 Å². The van der Waals surface area contributed by atoms with E-state index in [1.54, 1.807) is 18.2 Å². The molecule has 0 aliphatic carbocycles. The maximum absolute atomic E-state index is 11.5. The number of hydrogen-bond acceptors (Lipinski definition) is 2. The van der Waals surface area contributed by atoms with Crippen LogP contribution in [0, 0.1) is 10.1 Å². The van der Waals surface area contributed by atoms with Gasteiger partial charge in [-0.05, 0) is 35.4 Å². The third kappa shape index (κ3) is 3.05. The molecule has 0 radical (unpaired) electrons. The minimum Gasteiger partial charge on any atom is -0.316 e. The van der Waals surface area contributed by atoms with Crippen LogP contribution >= 0.6 is 0 Å². The fraction of sp³-hybridized carbons (Fsp3) is 0. The van der Waals surface area contributed by atoms with Crippen LogP contribution in [0.15, 0.2) is 109 Å². The van der Waals surface area contributed by atoms with E-state index in [9.17, 15) is 10.1 Å². The molecular weight excluding hydrogens is 372 g/mol. The van der Waals surface area contributed by atoms with Crippen LogP contribution in [0.5, 0.6) is 0 Å². The second kappa shape index (κ2) is 7.33. The summed E-state index contributed by atoms with van der Waals surface area (Å²) in [6.45, 7) is 0. The Bertz CT molecular complexity index is 1360. The topological polar surface area (TPSA) is 48.1 Å². The van der Waals surface area contributed by atoms with Crippen LogP contribution in [0.25, 0.3) is 38.8 Å². The highest BCUT2D eigenvalue weighted by molar-refractivity contribution is 5.99. The first kappa shape index (κ1) is 17.9. The molecule has 30 heavy (non-hydrogen) atoms. The highest BCUT2D eigenvalue weighted by Crippen LogP contribution is 2.37. The third-order valence-electron chi connectivity index (χ3n) is 5.34. The van der Waals surface area contributed by atoms with Crippen LogP contribution < -0.4 is 0 Å². The van der Waals surface area contributed by atoms with Crippen molar-refractivity contribution in [3.8, 4) is 27.9 Å². The zero-order chi connectivity index (χ0) is 20.5. The van der Waals surface area contributed by atoms with E-state index in [4.69, 9.17) is 0 Å². The maximum atomic E-state index is 11.5. The molecule has 4 aromatic carbocycles. The zero-order valence-electron chi connectivity index (χ0n) is 16.1. The molecule has 0 saturated carbocycles. The van der Waals surface area contributed by atoms with Crippen molar-refractivity contribution in [2.24, 2.45) is 0 Å². The summed E-state index contributed by atoms with van der Waals surface area (Å²) in [7, 11) is 0. The summed E-state index contributed by atoms with van der Waals surface area (Å²) in [6, 6.07) is 33.3. The standard InChI is InChI=1S/C26H18N2O2/c29-28(30)25-14-8-7-13-22(25)20-15-16-23-24(19-9-3-1-4-10-19)18-27(26(23)17-20)21-11-5-2-6-12-21/h1-18H. The maximum Gasteiger partial charge on any atom is 0.277 e. The predicted molar refractivity (Wildman–Crippen MR) is 121 cm³/mol. The first-order valence-electron chi connectivity index (χ1n) is 9.72. The summed E-state index contributed by atoms with van der Waals surface area (Å²) in [6.07, 6.45) is 2.14. The van der Waals surface area contributed by atoms with Crippen molar-refractivity contribution < 1.29 is 4.92 Å². The van der Waals surface area contributed by atoms with Crippen LogP contribution in [0.3, 0.4) is 0 Å². The molecule has 4 heteroatoms. The molecule has 0 saturated heterocycles.